The number of aromatic nitrogens is 5. The van der Waals surface area contributed by atoms with Crippen molar-refractivity contribution in [2.45, 2.75) is 6.04 Å². The standard InChI is InChI=1S/C25H18N6O/c1-2-22(18-7-4-3-5-8-18)31-23(32)14-9-19-17-26-25(29-24(19)31)28-20-10-12-21(13-11-20)30-16-6-15-27-30/h1,3-17,22H,(H,26,28,29). The molecule has 5 rings (SSSR count). The van der Waals surface area contributed by atoms with Gasteiger partial charge >= 0.3 is 0 Å². The summed E-state index contributed by atoms with van der Waals surface area (Å²) < 4.78 is 3.30. The second kappa shape index (κ2) is 8.20. The minimum absolute atomic E-state index is 0.225. The Kier molecular flexibility index (Phi) is 4.94. The Morgan fingerprint density at radius 3 is 2.50 bits per heavy atom. The number of nitrogens with one attached hydrogen (secondary N) is 1. The van der Waals surface area contributed by atoms with Crippen molar-refractivity contribution in [1.82, 2.24) is 24.3 Å². The van der Waals surface area contributed by atoms with E-state index in [1.54, 1.807) is 23.1 Å². The van der Waals surface area contributed by atoms with Crippen LogP contribution in [0.15, 0.2) is 96.2 Å². The normalized spacial score (nSPS) is 11.7. The van der Waals surface area contributed by atoms with E-state index in [-0.39, 0.29) is 5.56 Å². The van der Waals surface area contributed by atoms with Crippen LogP contribution in [0, 0.1) is 12.3 Å². The van der Waals surface area contributed by atoms with E-state index in [2.05, 4.69) is 26.3 Å². The Labute approximate surface area is 184 Å². The lowest BCUT2D eigenvalue weighted by atomic mass is 10.1. The van der Waals surface area contributed by atoms with Gasteiger partial charge in [-0.1, -0.05) is 36.3 Å². The molecular formula is C25H18N6O. The van der Waals surface area contributed by atoms with Crippen molar-refractivity contribution in [3.63, 3.8) is 0 Å². The van der Waals surface area contributed by atoms with Crippen molar-refractivity contribution < 1.29 is 0 Å². The molecule has 0 aliphatic rings. The first-order valence-corrected chi connectivity index (χ1v) is 9.99. The number of pyridine rings is 1. The highest BCUT2D eigenvalue weighted by atomic mass is 16.1. The van der Waals surface area contributed by atoms with Crippen LogP contribution in [0.1, 0.15) is 11.6 Å². The first kappa shape index (κ1) is 19.3. The van der Waals surface area contributed by atoms with Gasteiger partial charge in [0.05, 0.1) is 5.69 Å². The largest absolute Gasteiger partial charge is 0.324 e. The van der Waals surface area contributed by atoms with E-state index in [1.807, 2.05) is 66.9 Å². The lowest BCUT2D eigenvalue weighted by Gasteiger charge is -2.17. The Balaban J connectivity index is 1.53. The molecule has 2 aromatic carbocycles. The highest BCUT2D eigenvalue weighted by Gasteiger charge is 2.16. The predicted octanol–water partition coefficient (Wildman–Crippen LogP) is 3.94. The summed E-state index contributed by atoms with van der Waals surface area (Å²) in [5.41, 5.74) is 2.83. The maximum atomic E-state index is 12.8. The van der Waals surface area contributed by atoms with Crippen LogP contribution < -0.4 is 10.9 Å². The molecule has 0 amide bonds. The molecule has 7 nitrogen and oxygen atoms in total. The van der Waals surface area contributed by atoms with Crippen LogP contribution >= 0.6 is 0 Å². The van der Waals surface area contributed by atoms with Gasteiger partial charge in [-0.2, -0.15) is 10.1 Å². The zero-order valence-corrected chi connectivity index (χ0v) is 17.0. The maximum absolute atomic E-state index is 12.8. The minimum atomic E-state index is -0.580. The van der Waals surface area contributed by atoms with Crippen LogP contribution in [0.4, 0.5) is 11.6 Å². The molecule has 1 atom stereocenters. The molecule has 1 unspecified atom stereocenters. The summed E-state index contributed by atoms with van der Waals surface area (Å²) in [7, 11) is 0. The predicted molar refractivity (Wildman–Crippen MR) is 124 cm³/mol. The molecule has 3 aromatic heterocycles. The van der Waals surface area contributed by atoms with Crippen LogP contribution in [-0.2, 0) is 0 Å². The third-order valence-corrected chi connectivity index (χ3v) is 5.09. The summed E-state index contributed by atoms with van der Waals surface area (Å²) in [4.78, 5) is 21.8. The van der Waals surface area contributed by atoms with Crippen LogP contribution in [0.2, 0.25) is 0 Å². The molecular weight excluding hydrogens is 400 g/mol. The molecule has 0 saturated carbocycles. The zero-order chi connectivity index (χ0) is 21.9. The Hall–Kier alpha value is -4.70. The number of hydrogen-bond donors (Lipinski definition) is 1. The average molecular weight is 418 g/mol. The SMILES string of the molecule is C#CC(c1ccccc1)n1c(=O)ccc2cnc(Nc3ccc(-n4cccn4)cc3)nc21. The molecule has 0 radical (unpaired) electrons. The molecule has 7 heteroatoms. The topological polar surface area (TPSA) is 77.6 Å². The summed E-state index contributed by atoms with van der Waals surface area (Å²) in [6, 6.07) is 21.7. The molecule has 0 saturated heterocycles. The smallest absolute Gasteiger partial charge is 0.253 e. The quantitative estimate of drug-likeness (QED) is 0.438. The monoisotopic (exact) mass is 418 g/mol. The third kappa shape index (κ3) is 3.61. The molecule has 154 valence electrons. The molecule has 32 heavy (non-hydrogen) atoms. The van der Waals surface area contributed by atoms with Crippen LogP contribution in [0.25, 0.3) is 16.7 Å². The van der Waals surface area contributed by atoms with Crippen molar-refractivity contribution in [1.29, 1.82) is 0 Å². The maximum Gasteiger partial charge on any atom is 0.253 e. The molecule has 1 N–H and O–H groups in total. The van der Waals surface area contributed by atoms with Crippen molar-refractivity contribution in [2.24, 2.45) is 0 Å². The minimum Gasteiger partial charge on any atom is -0.324 e. The third-order valence-electron chi connectivity index (χ3n) is 5.09. The van der Waals surface area contributed by atoms with Crippen molar-refractivity contribution >= 4 is 22.7 Å². The van der Waals surface area contributed by atoms with Gasteiger partial charge in [0.2, 0.25) is 5.95 Å². The van der Waals surface area contributed by atoms with Gasteiger partial charge in [0.25, 0.3) is 5.56 Å². The Bertz CT molecular complexity index is 1470. The number of rotatable bonds is 5. The van der Waals surface area contributed by atoms with Gasteiger partial charge in [0, 0.05) is 35.7 Å². The molecule has 5 aromatic rings. The number of nitrogens with zero attached hydrogens (tertiary/aromatic N) is 5. The van der Waals surface area contributed by atoms with E-state index < -0.39 is 6.04 Å². The molecule has 3 heterocycles. The fourth-order valence-corrected chi connectivity index (χ4v) is 3.55. The lowest BCUT2D eigenvalue weighted by Crippen LogP contribution is -2.25. The van der Waals surface area contributed by atoms with Gasteiger partial charge in [-0.25, -0.2) is 9.67 Å². The summed E-state index contributed by atoms with van der Waals surface area (Å²) in [6.07, 6.45) is 11.1. The van der Waals surface area contributed by atoms with E-state index >= 15 is 0 Å². The average Bonchev–Trinajstić information content (AvgIpc) is 3.37. The number of terminal acetylenes is 1. The van der Waals surface area contributed by atoms with E-state index in [1.165, 1.54) is 10.6 Å². The zero-order valence-electron chi connectivity index (χ0n) is 17.0. The van der Waals surface area contributed by atoms with E-state index in [0.29, 0.717) is 11.6 Å². The molecule has 0 aliphatic heterocycles. The van der Waals surface area contributed by atoms with Gasteiger partial charge < -0.3 is 5.32 Å². The fraction of sp³-hybridized carbons (Fsp3) is 0.0400. The Morgan fingerprint density at radius 1 is 0.969 bits per heavy atom. The summed E-state index contributed by atoms with van der Waals surface area (Å²) >= 11 is 0. The molecule has 0 bridgehead atoms. The van der Waals surface area contributed by atoms with Crippen molar-refractivity contribution in [3.05, 3.63) is 107 Å². The van der Waals surface area contributed by atoms with Crippen molar-refractivity contribution in [3.8, 4) is 18.0 Å². The first-order chi connectivity index (χ1) is 15.7. The van der Waals surface area contributed by atoms with Crippen LogP contribution in [0.5, 0.6) is 0 Å². The molecule has 0 fully saturated rings. The second-order valence-corrected chi connectivity index (χ2v) is 7.12. The fourth-order valence-electron chi connectivity index (χ4n) is 3.55. The van der Waals surface area contributed by atoms with Crippen molar-refractivity contribution in [2.75, 3.05) is 5.32 Å². The molecule has 0 aliphatic carbocycles. The number of anilines is 2. The van der Waals surface area contributed by atoms with Gasteiger partial charge in [-0.15, -0.1) is 6.42 Å². The Morgan fingerprint density at radius 2 is 1.78 bits per heavy atom. The lowest BCUT2D eigenvalue weighted by molar-refractivity contribution is 0.710. The summed E-state index contributed by atoms with van der Waals surface area (Å²) in [5, 5.41) is 8.14. The van der Waals surface area contributed by atoms with E-state index in [9.17, 15) is 4.79 Å². The van der Waals surface area contributed by atoms with Gasteiger partial charge in [0.1, 0.15) is 11.7 Å². The summed E-state index contributed by atoms with van der Waals surface area (Å²) in [5.74, 6) is 3.10. The molecule has 0 spiro atoms. The number of fused-ring (bicyclic) bond motifs is 1. The highest BCUT2D eigenvalue weighted by Crippen LogP contribution is 2.22. The van der Waals surface area contributed by atoms with E-state index in [0.717, 1.165) is 22.3 Å². The second-order valence-electron chi connectivity index (χ2n) is 7.12. The van der Waals surface area contributed by atoms with Gasteiger partial charge in [0.15, 0.2) is 0 Å². The van der Waals surface area contributed by atoms with Crippen LogP contribution in [0.3, 0.4) is 0 Å². The first-order valence-electron chi connectivity index (χ1n) is 9.99. The van der Waals surface area contributed by atoms with Crippen LogP contribution in [-0.4, -0.2) is 24.3 Å². The highest BCUT2D eigenvalue weighted by molar-refractivity contribution is 5.76. The van der Waals surface area contributed by atoms with Gasteiger partial charge in [-0.3, -0.25) is 9.36 Å². The number of hydrogen-bond acceptors (Lipinski definition) is 5. The van der Waals surface area contributed by atoms with E-state index in [4.69, 9.17) is 6.42 Å². The summed E-state index contributed by atoms with van der Waals surface area (Å²) in [6.45, 7) is 0. The number of benzene rings is 2. The van der Waals surface area contributed by atoms with Gasteiger partial charge in [-0.05, 0) is 42.0 Å².